The fourth-order valence-electron chi connectivity index (χ4n) is 2.47. The number of hydrogen-bond acceptors (Lipinski definition) is 3. The fourth-order valence-corrected chi connectivity index (χ4v) is 3.57. The van der Waals surface area contributed by atoms with Crippen LogP contribution in [-0.2, 0) is 10.0 Å². The summed E-state index contributed by atoms with van der Waals surface area (Å²) in [6.07, 6.45) is 1.93. The number of nitrogens with zero attached hydrogens (tertiary/aromatic N) is 1. The maximum absolute atomic E-state index is 12.6. The van der Waals surface area contributed by atoms with Crippen molar-refractivity contribution in [3.05, 3.63) is 76.7 Å². The Morgan fingerprint density at radius 1 is 1.08 bits per heavy atom. The molecule has 1 N–H and O–H groups in total. The average molecular weight is 345 g/mol. The summed E-state index contributed by atoms with van der Waals surface area (Å²) in [6.45, 7) is 1.90. The zero-order valence-corrected chi connectivity index (χ0v) is 14.8. The van der Waals surface area contributed by atoms with E-state index >= 15 is 0 Å². The van der Waals surface area contributed by atoms with Gasteiger partial charge in [-0.3, -0.25) is 0 Å². The lowest BCUT2D eigenvalue weighted by Gasteiger charge is -2.26. The van der Waals surface area contributed by atoms with Gasteiger partial charge < -0.3 is 5.11 Å². The van der Waals surface area contributed by atoms with Gasteiger partial charge in [-0.15, -0.1) is 0 Å². The summed E-state index contributed by atoms with van der Waals surface area (Å²) in [6, 6.07) is 16.6. The Hall–Kier alpha value is -1.95. The first-order valence-corrected chi connectivity index (χ1v) is 9.33. The van der Waals surface area contributed by atoms with Gasteiger partial charge in [-0.2, -0.15) is 4.31 Å². The van der Waals surface area contributed by atoms with Crippen LogP contribution in [0.1, 0.15) is 29.2 Å². The number of sulfonamides is 1. The molecule has 24 heavy (non-hydrogen) atoms. The molecule has 2 rings (SSSR count). The topological polar surface area (TPSA) is 57.6 Å². The van der Waals surface area contributed by atoms with Crippen molar-refractivity contribution in [2.24, 2.45) is 0 Å². The molecule has 0 saturated carbocycles. The highest BCUT2D eigenvalue weighted by Gasteiger charge is 2.25. The average Bonchev–Trinajstić information content (AvgIpc) is 2.59. The van der Waals surface area contributed by atoms with Crippen LogP contribution in [-0.4, -0.2) is 31.5 Å². The van der Waals surface area contributed by atoms with Gasteiger partial charge in [0.2, 0.25) is 10.0 Å². The van der Waals surface area contributed by atoms with Gasteiger partial charge in [-0.1, -0.05) is 60.2 Å². The smallest absolute Gasteiger partial charge is 0.236 e. The third kappa shape index (κ3) is 4.77. The number of aryl methyl sites for hydroxylation is 1. The normalized spacial score (nSPS) is 13.5. The van der Waals surface area contributed by atoms with E-state index in [1.807, 2.05) is 61.5 Å². The Balaban J connectivity index is 2.23. The summed E-state index contributed by atoms with van der Waals surface area (Å²) in [5.74, 6) is 0. The van der Waals surface area contributed by atoms with Gasteiger partial charge in [0.25, 0.3) is 0 Å². The van der Waals surface area contributed by atoms with Crippen LogP contribution in [0.5, 0.6) is 0 Å². The minimum Gasteiger partial charge on any atom is -0.396 e. The highest BCUT2D eigenvalue weighted by atomic mass is 32.2. The lowest BCUT2D eigenvalue weighted by atomic mass is 10.0. The molecule has 0 amide bonds. The minimum absolute atomic E-state index is 0.0822. The van der Waals surface area contributed by atoms with E-state index in [-0.39, 0.29) is 6.61 Å². The number of hydrogen-bond donors (Lipinski definition) is 1. The van der Waals surface area contributed by atoms with Crippen LogP contribution in [0.2, 0.25) is 0 Å². The van der Waals surface area contributed by atoms with Crippen molar-refractivity contribution in [1.29, 1.82) is 0 Å². The van der Waals surface area contributed by atoms with Gasteiger partial charge in [0.15, 0.2) is 0 Å². The quantitative estimate of drug-likeness (QED) is 0.837. The summed E-state index contributed by atoms with van der Waals surface area (Å²) in [5.41, 5.74) is 2.82. The van der Waals surface area contributed by atoms with Crippen LogP contribution < -0.4 is 0 Å². The predicted molar refractivity (Wildman–Crippen MR) is 97.8 cm³/mol. The first-order valence-electron chi connectivity index (χ1n) is 7.82. The molecule has 2 aromatic carbocycles. The summed E-state index contributed by atoms with van der Waals surface area (Å²) in [4.78, 5) is 0. The second-order valence-electron chi connectivity index (χ2n) is 5.71. The molecule has 0 aromatic heterocycles. The lowest BCUT2D eigenvalue weighted by molar-refractivity contribution is 0.241. The second kappa shape index (κ2) is 8.24. The van der Waals surface area contributed by atoms with Gasteiger partial charge in [-0.05, 0) is 30.5 Å². The van der Waals surface area contributed by atoms with Crippen LogP contribution in [0, 0.1) is 6.92 Å². The van der Waals surface area contributed by atoms with E-state index in [2.05, 4.69) is 0 Å². The molecule has 4 nitrogen and oxygen atoms in total. The van der Waals surface area contributed by atoms with Crippen molar-refractivity contribution >= 4 is 16.1 Å². The number of benzene rings is 2. The first kappa shape index (κ1) is 18.4. The standard InChI is InChI=1S/C19H23NO3S/c1-16-8-10-17(11-9-16)13-15-24(22,23)20(2)19(12-14-21)18-6-4-3-5-7-18/h3-11,13,15,19,21H,12,14H2,1-2H3/b15-13+. The largest absolute Gasteiger partial charge is 0.396 e. The zero-order chi connectivity index (χ0) is 17.6. The molecule has 0 aliphatic heterocycles. The third-order valence-electron chi connectivity index (χ3n) is 3.94. The van der Waals surface area contributed by atoms with Gasteiger partial charge in [0.05, 0.1) is 6.04 Å². The van der Waals surface area contributed by atoms with E-state index in [0.29, 0.717) is 6.42 Å². The number of rotatable bonds is 7. The maximum atomic E-state index is 12.6. The summed E-state index contributed by atoms with van der Waals surface area (Å²) in [7, 11) is -2.05. The zero-order valence-electron chi connectivity index (χ0n) is 14.0. The number of aliphatic hydroxyl groups excluding tert-OH is 1. The van der Waals surface area contributed by atoms with E-state index < -0.39 is 16.1 Å². The Morgan fingerprint density at radius 3 is 2.29 bits per heavy atom. The van der Waals surface area contributed by atoms with Crippen molar-refractivity contribution in [3.63, 3.8) is 0 Å². The molecule has 5 heteroatoms. The minimum atomic E-state index is -3.60. The van der Waals surface area contributed by atoms with Gasteiger partial charge in [0.1, 0.15) is 0 Å². The Kier molecular flexibility index (Phi) is 6.31. The van der Waals surface area contributed by atoms with Crippen molar-refractivity contribution in [3.8, 4) is 0 Å². The first-order chi connectivity index (χ1) is 11.4. The highest BCUT2D eigenvalue weighted by Crippen LogP contribution is 2.26. The highest BCUT2D eigenvalue weighted by molar-refractivity contribution is 7.92. The molecule has 0 bridgehead atoms. The Bertz CT molecular complexity index is 768. The lowest BCUT2D eigenvalue weighted by Crippen LogP contribution is -2.30. The van der Waals surface area contributed by atoms with Crippen molar-refractivity contribution in [2.75, 3.05) is 13.7 Å². The molecular weight excluding hydrogens is 322 g/mol. The summed E-state index contributed by atoms with van der Waals surface area (Å²) < 4.78 is 26.5. The molecule has 1 unspecified atom stereocenters. The van der Waals surface area contributed by atoms with Crippen molar-refractivity contribution in [2.45, 2.75) is 19.4 Å². The molecule has 0 aliphatic carbocycles. The molecule has 128 valence electrons. The van der Waals surface area contributed by atoms with E-state index in [9.17, 15) is 13.5 Å². The third-order valence-corrected chi connectivity index (χ3v) is 5.47. The van der Waals surface area contributed by atoms with Crippen LogP contribution in [0.4, 0.5) is 0 Å². The Labute approximate surface area is 144 Å². The van der Waals surface area contributed by atoms with E-state index in [4.69, 9.17) is 0 Å². The van der Waals surface area contributed by atoms with Crippen molar-refractivity contribution in [1.82, 2.24) is 4.31 Å². The van der Waals surface area contributed by atoms with Gasteiger partial charge in [-0.25, -0.2) is 8.42 Å². The molecular formula is C19H23NO3S. The Morgan fingerprint density at radius 2 is 1.71 bits per heavy atom. The number of aliphatic hydroxyl groups is 1. The molecule has 0 spiro atoms. The van der Waals surface area contributed by atoms with E-state index in [1.165, 1.54) is 9.71 Å². The molecule has 0 saturated heterocycles. The fraction of sp³-hybridized carbons (Fsp3) is 0.263. The maximum Gasteiger partial charge on any atom is 0.236 e. The van der Waals surface area contributed by atoms with E-state index in [0.717, 1.165) is 16.7 Å². The second-order valence-corrected chi connectivity index (χ2v) is 7.59. The van der Waals surface area contributed by atoms with Gasteiger partial charge in [0, 0.05) is 19.1 Å². The SMILES string of the molecule is Cc1ccc(/C=C/S(=O)(=O)N(C)C(CCO)c2ccccc2)cc1. The molecule has 0 aliphatic rings. The molecule has 0 heterocycles. The summed E-state index contributed by atoms with van der Waals surface area (Å²) in [5, 5.41) is 10.5. The van der Waals surface area contributed by atoms with Crippen LogP contribution >= 0.6 is 0 Å². The molecule has 1 atom stereocenters. The molecule has 0 radical (unpaired) electrons. The van der Waals surface area contributed by atoms with Gasteiger partial charge >= 0.3 is 0 Å². The van der Waals surface area contributed by atoms with Crippen LogP contribution in [0.3, 0.4) is 0 Å². The molecule has 0 fully saturated rings. The van der Waals surface area contributed by atoms with E-state index in [1.54, 1.807) is 13.1 Å². The monoisotopic (exact) mass is 345 g/mol. The van der Waals surface area contributed by atoms with Crippen molar-refractivity contribution < 1.29 is 13.5 Å². The van der Waals surface area contributed by atoms with Crippen LogP contribution in [0.15, 0.2) is 60.0 Å². The van der Waals surface area contributed by atoms with Crippen LogP contribution in [0.25, 0.3) is 6.08 Å². The summed E-state index contributed by atoms with van der Waals surface area (Å²) >= 11 is 0. The molecule has 2 aromatic rings. The predicted octanol–water partition coefficient (Wildman–Crippen LogP) is 3.35.